The van der Waals surface area contributed by atoms with Crippen molar-refractivity contribution >= 4 is 46.7 Å². The average Bonchev–Trinajstić information content (AvgIpc) is 2.62. The molecule has 0 aromatic heterocycles. The van der Waals surface area contributed by atoms with Crippen molar-refractivity contribution in [3.63, 3.8) is 0 Å². The van der Waals surface area contributed by atoms with Gasteiger partial charge in [0.1, 0.15) is 0 Å². The normalized spacial score (nSPS) is 12.6. The fraction of sp³-hybridized carbons (Fsp3) is 0.222. The lowest BCUT2D eigenvalue weighted by Gasteiger charge is -2.31. The SMILES string of the molecule is CCCNC(=S)N/N=C/CN1c2ccccc2Sc2ccccc21. The Labute approximate surface area is 152 Å². The largest absolute Gasteiger partial charge is 0.361 e. The molecule has 6 heteroatoms. The molecule has 2 aromatic rings. The second-order valence-electron chi connectivity index (χ2n) is 5.33. The zero-order valence-corrected chi connectivity index (χ0v) is 15.2. The summed E-state index contributed by atoms with van der Waals surface area (Å²) in [5.74, 6) is 0. The van der Waals surface area contributed by atoms with Gasteiger partial charge in [0.05, 0.1) is 17.9 Å². The maximum absolute atomic E-state index is 5.16. The van der Waals surface area contributed by atoms with Gasteiger partial charge in [-0.05, 0) is 42.9 Å². The summed E-state index contributed by atoms with van der Waals surface area (Å²) in [6.07, 6.45) is 2.88. The molecule has 0 saturated heterocycles. The van der Waals surface area contributed by atoms with Crippen LogP contribution in [0.25, 0.3) is 0 Å². The zero-order chi connectivity index (χ0) is 16.8. The number of anilines is 2. The fourth-order valence-corrected chi connectivity index (χ4v) is 3.73. The number of para-hydroxylation sites is 2. The third-order valence-corrected chi connectivity index (χ3v) is 4.96. The van der Waals surface area contributed by atoms with Crippen LogP contribution in [0, 0.1) is 0 Å². The Morgan fingerprint density at radius 2 is 1.75 bits per heavy atom. The number of hydrogen-bond acceptors (Lipinski definition) is 4. The van der Waals surface area contributed by atoms with Gasteiger partial charge in [-0.3, -0.25) is 5.43 Å². The van der Waals surface area contributed by atoms with Crippen molar-refractivity contribution in [2.45, 2.75) is 23.1 Å². The van der Waals surface area contributed by atoms with E-state index >= 15 is 0 Å². The summed E-state index contributed by atoms with van der Waals surface area (Å²) >= 11 is 6.97. The number of hydrogen-bond donors (Lipinski definition) is 2. The first kappa shape index (κ1) is 16.8. The molecule has 4 nitrogen and oxygen atoms in total. The van der Waals surface area contributed by atoms with Crippen LogP contribution in [-0.4, -0.2) is 24.4 Å². The molecule has 0 amide bonds. The highest BCUT2D eigenvalue weighted by Gasteiger charge is 2.21. The third kappa shape index (κ3) is 3.88. The van der Waals surface area contributed by atoms with E-state index in [1.807, 2.05) is 6.21 Å². The highest BCUT2D eigenvalue weighted by atomic mass is 32.2. The highest BCUT2D eigenvalue weighted by molar-refractivity contribution is 7.99. The second-order valence-corrected chi connectivity index (χ2v) is 6.82. The van der Waals surface area contributed by atoms with Crippen LogP contribution in [0.3, 0.4) is 0 Å². The van der Waals surface area contributed by atoms with Crippen LogP contribution in [0.1, 0.15) is 13.3 Å². The van der Waals surface area contributed by atoms with Crippen LogP contribution in [0.2, 0.25) is 0 Å². The number of benzene rings is 2. The summed E-state index contributed by atoms with van der Waals surface area (Å²) in [7, 11) is 0. The predicted octanol–water partition coefficient (Wildman–Crippen LogP) is 4.15. The van der Waals surface area contributed by atoms with Crippen LogP contribution in [0.4, 0.5) is 11.4 Å². The molecule has 2 N–H and O–H groups in total. The summed E-state index contributed by atoms with van der Waals surface area (Å²) < 4.78 is 0. The van der Waals surface area contributed by atoms with Crippen LogP contribution in [-0.2, 0) is 0 Å². The van der Waals surface area contributed by atoms with Crippen molar-refractivity contribution in [2.75, 3.05) is 18.0 Å². The minimum absolute atomic E-state index is 0.558. The van der Waals surface area contributed by atoms with Gasteiger partial charge in [-0.2, -0.15) is 5.10 Å². The molecule has 0 unspecified atom stereocenters. The molecule has 124 valence electrons. The predicted molar refractivity (Wildman–Crippen MR) is 107 cm³/mol. The first-order valence-corrected chi connectivity index (χ1v) is 9.21. The molecular weight excluding hydrogens is 336 g/mol. The van der Waals surface area contributed by atoms with Crippen molar-refractivity contribution in [3.05, 3.63) is 48.5 Å². The number of thiocarbonyl (C=S) groups is 1. The minimum Gasteiger partial charge on any atom is -0.361 e. The van der Waals surface area contributed by atoms with Gasteiger partial charge in [0.15, 0.2) is 5.11 Å². The van der Waals surface area contributed by atoms with E-state index in [2.05, 4.69) is 76.2 Å². The summed E-state index contributed by atoms with van der Waals surface area (Å²) in [5.41, 5.74) is 5.28. The van der Waals surface area contributed by atoms with E-state index in [-0.39, 0.29) is 0 Å². The van der Waals surface area contributed by atoms with Crippen molar-refractivity contribution < 1.29 is 0 Å². The molecule has 2 aromatic carbocycles. The molecule has 3 rings (SSSR count). The van der Waals surface area contributed by atoms with Crippen LogP contribution in [0.5, 0.6) is 0 Å². The smallest absolute Gasteiger partial charge is 0.186 e. The standard InChI is InChI=1S/C18H20N4S2/c1-2-11-19-18(23)21-20-12-13-22-14-7-3-5-9-16(14)24-17-10-6-4-8-15(17)22/h3-10,12H,2,11,13H2,1H3,(H2,19,21,23)/b20-12+. The van der Waals surface area contributed by atoms with E-state index in [9.17, 15) is 0 Å². The summed E-state index contributed by atoms with van der Waals surface area (Å²) in [6, 6.07) is 16.9. The molecule has 0 saturated carbocycles. The highest BCUT2D eigenvalue weighted by Crippen LogP contribution is 2.47. The van der Waals surface area contributed by atoms with Gasteiger partial charge in [0.2, 0.25) is 0 Å². The lowest BCUT2D eigenvalue weighted by molar-refractivity contribution is 0.817. The van der Waals surface area contributed by atoms with E-state index in [1.165, 1.54) is 21.2 Å². The lowest BCUT2D eigenvalue weighted by atomic mass is 10.2. The van der Waals surface area contributed by atoms with Gasteiger partial charge >= 0.3 is 0 Å². The molecule has 24 heavy (non-hydrogen) atoms. The van der Waals surface area contributed by atoms with E-state index < -0.39 is 0 Å². The number of nitrogens with one attached hydrogen (secondary N) is 2. The first-order valence-electron chi connectivity index (χ1n) is 7.98. The zero-order valence-electron chi connectivity index (χ0n) is 13.5. The van der Waals surface area contributed by atoms with E-state index in [1.54, 1.807) is 11.8 Å². The summed E-state index contributed by atoms with van der Waals surface area (Å²) in [4.78, 5) is 4.80. The molecule has 1 aliphatic rings. The fourth-order valence-electron chi connectivity index (χ4n) is 2.48. The van der Waals surface area contributed by atoms with E-state index in [0.717, 1.165) is 13.0 Å². The topological polar surface area (TPSA) is 39.7 Å². The Balaban J connectivity index is 1.72. The number of hydrazone groups is 1. The molecule has 1 aliphatic heterocycles. The van der Waals surface area contributed by atoms with Crippen LogP contribution in [0.15, 0.2) is 63.4 Å². The summed E-state index contributed by atoms with van der Waals surface area (Å²) in [5, 5.41) is 7.89. The molecule has 0 atom stereocenters. The molecule has 0 radical (unpaired) electrons. The maximum Gasteiger partial charge on any atom is 0.186 e. The second kappa shape index (κ2) is 8.17. The lowest BCUT2D eigenvalue weighted by Crippen LogP contribution is -2.33. The van der Waals surface area contributed by atoms with Gasteiger partial charge in [0, 0.05) is 22.6 Å². The van der Waals surface area contributed by atoms with Crippen LogP contribution < -0.4 is 15.6 Å². The molecule has 0 spiro atoms. The third-order valence-electron chi connectivity index (χ3n) is 3.59. The Bertz CT molecular complexity index is 700. The maximum atomic E-state index is 5.16. The van der Waals surface area contributed by atoms with Gasteiger partial charge < -0.3 is 10.2 Å². The van der Waals surface area contributed by atoms with Crippen molar-refractivity contribution in [1.29, 1.82) is 0 Å². The van der Waals surface area contributed by atoms with Crippen molar-refractivity contribution in [1.82, 2.24) is 10.7 Å². The Hall–Kier alpha value is -2.05. The van der Waals surface area contributed by atoms with Gasteiger partial charge in [-0.25, -0.2) is 0 Å². The number of rotatable bonds is 5. The van der Waals surface area contributed by atoms with E-state index in [0.29, 0.717) is 11.7 Å². The summed E-state index contributed by atoms with van der Waals surface area (Å²) in [6.45, 7) is 3.63. The Morgan fingerprint density at radius 3 is 2.38 bits per heavy atom. The molecule has 0 aliphatic carbocycles. The number of fused-ring (bicyclic) bond motifs is 2. The molecule has 0 fully saturated rings. The number of nitrogens with zero attached hydrogens (tertiary/aromatic N) is 2. The van der Waals surface area contributed by atoms with Gasteiger partial charge in [-0.1, -0.05) is 43.0 Å². The van der Waals surface area contributed by atoms with Crippen molar-refractivity contribution in [2.24, 2.45) is 5.10 Å². The minimum atomic E-state index is 0.558. The van der Waals surface area contributed by atoms with Crippen LogP contribution >= 0.6 is 24.0 Å². The van der Waals surface area contributed by atoms with Gasteiger partial charge in [0.25, 0.3) is 0 Å². The van der Waals surface area contributed by atoms with Crippen molar-refractivity contribution in [3.8, 4) is 0 Å². The average molecular weight is 357 g/mol. The molecular formula is C18H20N4S2. The molecule has 1 heterocycles. The van der Waals surface area contributed by atoms with E-state index in [4.69, 9.17) is 12.2 Å². The molecule has 0 bridgehead atoms. The Kier molecular flexibility index (Phi) is 5.72. The monoisotopic (exact) mass is 356 g/mol. The quantitative estimate of drug-likeness (QED) is 0.478. The Morgan fingerprint density at radius 1 is 1.12 bits per heavy atom. The first-order chi connectivity index (χ1) is 11.8. The van der Waals surface area contributed by atoms with Gasteiger partial charge in [-0.15, -0.1) is 0 Å².